The SMILES string of the molecule is C=CCOC(=O)C1=C(C)N=c2s/c(=C/c3ccccc3OC(C)=O)c(=O)n2C1c1cccs1. The third kappa shape index (κ3) is 4.50. The monoisotopic (exact) mass is 480 g/mol. The van der Waals surface area contributed by atoms with E-state index in [4.69, 9.17) is 9.47 Å². The number of ether oxygens (including phenoxy) is 2. The number of thiophene rings is 1. The van der Waals surface area contributed by atoms with Crippen molar-refractivity contribution < 1.29 is 19.1 Å². The van der Waals surface area contributed by atoms with E-state index < -0.39 is 18.0 Å². The summed E-state index contributed by atoms with van der Waals surface area (Å²) in [5, 5.41) is 1.89. The zero-order valence-electron chi connectivity index (χ0n) is 17.9. The number of carbonyl (C=O) groups excluding carboxylic acids is 2. The summed E-state index contributed by atoms with van der Waals surface area (Å²) < 4.78 is 12.5. The first-order valence-corrected chi connectivity index (χ1v) is 11.7. The molecule has 9 heteroatoms. The lowest BCUT2D eigenvalue weighted by Gasteiger charge is -2.23. The molecule has 0 fully saturated rings. The standard InChI is InChI=1S/C24H20N2O5S2/c1-4-11-30-23(29)20-14(2)25-24-26(21(20)18-10-7-12-32-18)22(28)19(33-24)13-16-8-5-6-9-17(16)31-15(3)27/h4-10,12-13,21H,1,11H2,2-3H3/b19-13+. The van der Waals surface area contributed by atoms with Crippen LogP contribution >= 0.6 is 22.7 Å². The summed E-state index contributed by atoms with van der Waals surface area (Å²) in [6, 6.07) is 10.1. The fourth-order valence-electron chi connectivity index (χ4n) is 3.50. The highest BCUT2D eigenvalue weighted by Gasteiger charge is 2.33. The van der Waals surface area contributed by atoms with Crippen LogP contribution < -0.4 is 19.6 Å². The molecule has 0 spiro atoms. The lowest BCUT2D eigenvalue weighted by molar-refractivity contribution is -0.138. The van der Waals surface area contributed by atoms with E-state index in [2.05, 4.69) is 11.6 Å². The Morgan fingerprint density at radius 2 is 2.03 bits per heavy atom. The van der Waals surface area contributed by atoms with Crippen molar-refractivity contribution in [3.63, 3.8) is 0 Å². The van der Waals surface area contributed by atoms with Crippen LogP contribution in [0.5, 0.6) is 5.75 Å². The van der Waals surface area contributed by atoms with E-state index in [0.717, 1.165) is 4.88 Å². The third-order valence-electron chi connectivity index (χ3n) is 4.85. The molecule has 0 bridgehead atoms. The van der Waals surface area contributed by atoms with Crippen molar-refractivity contribution in [2.75, 3.05) is 6.61 Å². The number of hydrogen-bond donors (Lipinski definition) is 0. The van der Waals surface area contributed by atoms with Gasteiger partial charge in [0.05, 0.1) is 15.8 Å². The molecule has 4 rings (SSSR count). The van der Waals surface area contributed by atoms with Crippen LogP contribution in [0, 0.1) is 0 Å². The van der Waals surface area contributed by atoms with Crippen molar-refractivity contribution in [3.8, 4) is 5.75 Å². The summed E-state index contributed by atoms with van der Waals surface area (Å²) >= 11 is 2.66. The van der Waals surface area contributed by atoms with Gasteiger partial charge in [0.15, 0.2) is 4.80 Å². The maximum Gasteiger partial charge on any atom is 0.338 e. The number of rotatable bonds is 6. The zero-order valence-corrected chi connectivity index (χ0v) is 19.6. The number of thiazole rings is 1. The Labute approximate surface area is 197 Å². The molecule has 1 aliphatic heterocycles. The third-order valence-corrected chi connectivity index (χ3v) is 6.75. The maximum atomic E-state index is 13.5. The molecule has 3 heterocycles. The van der Waals surface area contributed by atoms with Crippen molar-refractivity contribution in [2.45, 2.75) is 19.9 Å². The Balaban J connectivity index is 1.90. The summed E-state index contributed by atoms with van der Waals surface area (Å²) in [6.07, 6.45) is 3.16. The molecule has 33 heavy (non-hydrogen) atoms. The van der Waals surface area contributed by atoms with E-state index >= 15 is 0 Å². The average molecular weight is 481 g/mol. The molecule has 3 aromatic rings. The van der Waals surface area contributed by atoms with Gasteiger partial charge in [-0.05, 0) is 30.5 Å². The van der Waals surface area contributed by atoms with Gasteiger partial charge in [0.2, 0.25) is 0 Å². The topological polar surface area (TPSA) is 87.0 Å². The van der Waals surface area contributed by atoms with Crippen LogP contribution in [0.1, 0.15) is 30.3 Å². The number of fused-ring (bicyclic) bond motifs is 1. The first-order valence-electron chi connectivity index (χ1n) is 10.0. The van der Waals surface area contributed by atoms with Gasteiger partial charge in [-0.15, -0.1) is 11.3 Å². The number of hydrogen-bond acceptors (Lipinski definition) is 8. The first-order chi connectivity index (χ1) is 15.9. The Hall–Kier alpha value is -3.56. The predicted octanol–water partition coefficient (Wildman–Crippen LogP) is 2.95. The number of carbonyl (C=O) groups is 2. The maximum absolute atomic E-state index is 13.5. The molecule has 0 saturated heterocycles. The molecule has 0 N–H and O–H groups in total. The molecule has 1 unspecified atom stereocenters. The Bertz CT molecular complexity index is 1440. The molecule has 168 valence electrons. The minimum atomic E-state index is -0.649. The van der Waals surface area contributed by atoms with Crippen LogP contribution in [0.2, 0.25) is 0 Å². The second kappa shape index (κ2) is 9.51. The van der Waals surface area contributed by atoms with Crippen molar-refractivity contribution in [3.05, 3.63) is 95.8 Å². The molecular formula is C24H20N2O5S2. The molecular weight excluding hydrogens is 460 g/mol. The fraction of sp³-hybridized carbons (Fsp3) is 0.167. The van der Waals surface area contributed by atoms with Crippen molar-refractivity contribution >= 4 is 40.7 Å². The predicted molar refractivity (Wildman–Crippen MR) is 127 cm³/mol. The number of nitrogens with zero attached hydrogens (tertiary/aromatic N) is 2. The van der Waals surface area contributed by atoms with Gasteiger partial charge in [-0.3, -0.25) is 14.2 Å². The summed E-state index contributed by atoms with van der Waals surface area (Å²) in [5.41, 5.74) is 1.11. The normalized spacial score (nSPS) is 15.6. The van der Waals surface area contributed by atoms with E-state index in [-0.39, 0.29) is 12.2 Å². The summed E-state index contributed by atoms with van der Waals surface area (Å²) in [7, 11) is 0. The van der Waals surface area contributed by atoms with E-state index in [1.165, 1.54) is 40.2 Å². The largest absolute Gasteiger partial charge is 0.458 e. The lowest BCUT2D eigenvalue weighted by Crippen LogP contribution is -2.39. The molecule has 1 aliphatic rings. The molecule has 7 nitrogen and oxygen atoms in total. The highest BCUT2D eigenvalue weighted by molar-refractivity contribution is 7.10. The number of benzene rings is 1. The quantitative estimate of drug-likeness (QED) is 0.308. The molecule has 0 radical (unpaired) electrons. The Morgan fingerprint density at radius 3 is 2.73 bits per heavy atom. The molecule has 0 amide bonds. The van der Waals surface area contributed by atoms with E-state index in [1.807, 2.05) is 17.5 Å². The minimum absolute atomic E-state index is 0.0597. The van der Waals surface area contributed by atoms with Crippen LogP contribution in [0.3, 0.4) is 0 Å². The average Bonchev–Trinajstić information content (AvgIpc) is 3.41. The number of allylic oxidation sites excluding steroid dienone is 1. The first kappa shape index (κ1) is 22.6. The minimum Gasteiger partial charge on any atom is -0.458 e. The number of esters is 2. The van der Waals surface area contributed by atoms with Crippen molar-refractivity contribution in [2.24, 2.45) is 4.99 Å². The molecule has 2 aromatic heterocycles. The van der Waals surface area contributed by atoms with Crippen LogP contribution in [0.15, 0.2) is 75.5 Å². The Morgan fingerprint density at radius 1 is 1.24 bits per heavy atom. The van der Waals surface area contributed by atoms with Gasteiger partial charge in [-0.1, -0.05) is 48.3 Å². The summed E-state index contributed by atoms with van der Waals surface area (Å²) in [4.78, 5) is 43.7. The second-order valence-electron chi connectivity index (χ2n) is 7.12. The highest BCUT2D eigenvalue weighted by Crippen LogP contribution is 2.33. The molecule has 1 aromatic carbocycles. The molecule has 0 saturated carbocycles. The van der Waals surface area contributed by atoms with Crippen LogP contribution in [-0.4, -0.2) is 23.1 Å². The van der Waals surface area contributed by atoms with Crippen LogP contribution in [-0.2, 0) is 14.3 Å². The van der Waals surface area contributed by atoms with Crippen molar-refractivity contribution in [1.82, 2.24) is 4.57 Å². The van der Waals surface area contributed by atoms with Crippen LogP contribution in [0.4, 0.5) is 0 Å². The van der Waals surface area contributed by atoms with Gasteiger partial charge in [0.1, 0.15) is 18.4 Å². The number of aromatic nitrogens is 1. The smallest absolute Gasteiger partial charge is 0.338 e. The van der Waals surface area contributed by atoms with Crippen LogP contribution in [0.25, 0.3) is 6.08 Å². The van der Waals surface area contributed by atoms with E-state index in [9.17, 15) is 14.4 Å². The van der Waals surface area contributed by atoms with E-state index in [0.29, 0.717) is 31.9 Å². The second-order valence-corrected chi connectivity index (χ2v) is 9.10. The number of para-hydroxylation sites is 1. The fourth-order valence-corrected chi connectivity index (χ4v) is 5.36. The van der Waals surface area contributed by atoms with E-state index in [1.54, 1.807) is 37.3 Å². The van der Waals surface area contributed by atoms with Crippen molar-refractivity contribution in [1.29, 1.82) is 0 Å². The Kier molecular flexibility index (Phi) is 6.52. The van der Waals surface area contributed by atoms with Gasteiger partial charge in [-0.25, -0.2) is 9.79 Å². The van der Waals surface area contributed by atoms with Gasteiger partial charge in [-0.2, -0.15) is 0 Å². The van der Waals surface area contributed by atoms with Gasteiger partial charge in [0.25, 0.3) is 5.56 Å². The van der Waals surface area contributed by atoms with Gasteiger partial charge < -0.3 is 9.47 Å². The highest BCUT2D eigenvalue weighted by atomic mass is 32.1. The summed E-state index contributed by atoms with van der Waals surface area (Å²) in [6.45, 7) is 6.70. The van der Waals surface area contributed by atoms with Gasteiger partial charge in [0, 0.05) is 17.4 Å². The zero-order chi connectivity index (χ0) is 23.5. The lowest BCUT2D eigenvalue weighted by atomic mass is 10.0. The summed E-state index contributed by atoms with van der Waals surface area (Å²) in [5.74, 6) is -0.632. The molecule has 0 aliphatic carbocycles. The van der Waals surface area contributed by atoms with Gasteiger partial charge >= 0.3 is 11.9 Å². The molecule has 1 atom stereocenters.